The van der Waals surface area contributed by atoms with Crippen molar-refractivity contribution in [1.29, 1.82) is 0 Å². The van der Waals surface area contributed by atoms with Crippen molar-refractivity contribution in [1.82, 2.24) is 0 Å². The summed E-state index contributed by atoms with van der Waals surface area (Å²) < 4.78 is 37.5. The summed E-state index contributed by atoms with van der Waals surface area (Å²) in [6.07, 6.45) is 7.83. The first-order valence-corrected chi connectivity index (χ1v) is 10.6. The molecule has 0 aliphatic heterocycles. The normalized spacial score (nSPS) is 10.8. The third-order valence-corrected chi connectivity index (χ3v) is 4.18. The van der Waals surface area contributed by atoms with Gasteiger partial charge < -0.3 is 8.92 Å². The summed E-state index contributed by atoms with van der Waals surface area (Å²) in [5.41, 5.74) is 0. The highest BCUT2D eigenvalue weighted by Gasteiger charge is 2.12. The highest BCUT2D eigenvalue weighted by atomic mass is 32.3. The molecule has 0 aliphatic rings. The standard InChI is InChI=1S/C15H24O4S.C4H10O/c1-2-3-4-5-6-7-11-14-18-20(16,17)19-15-12-9-8-10-13-15;1-3-5-4-2/h8-10,12-13H,2-7,11,14H2,1H3;3-4H2,1-2H3. The van der Waals surface area contributed by atoms with Gasteiger partial charge in [0.1, 0.15) is 5.75 Å². The van der Waals surface area contributed by atoms with E-state index in [-0.39, 0.29) is 12.4 Å². The molecule has 0 aromatic heterocycles. The van der Waals surface area contributed by atoms with E-state index in [0.717, 1.165) is 32.5 Å². The average Bonchev–Trinajstić information content (AvgIpc) is 2.59. The van der Waals surface area contributed by atoms with Crippen molar-refractivity contribution in [2.45, 2.75) is 65.7 Å². The van der Waals surface area contributed by atoms with Crippen LogP contribution in [0.25, 0.3) is 0 Å². The van der Waals surface area contributed by atoms with Gasteiger partial charge in [0.2, 0.25) is 0 Å². The molecule has 1 aromatic carbocycles. The Labute approximate surface area is 154 Å². The minimum absolute atomic E-state index is 0.183. The lowest BCUT2D eigenvalue weighted by Gasteiger charge is -2.06. The molecular formula is C19H34O5S. The van der Waals surface area contributed by atoms with E-state index in [1.165, 1.54) is 25.7 Å². The second-order valence-electron chi connectivity index (χ2n) is 5.53. The molecule has 0 saturated heterocycles. The number of unbranched alkanes of at least 4 members (excludes halogenated alkanes) is 6. The summed E-state index contributed by atoms with van der Waals surface area (Å²) in [5.74, 6) is 0.270. The predicted molar refractivity (Wildman–Crippen MR) is 102 cm³/mol. The van der Waals surface area contributed by atoms with Gasteiger partial charge in [0.25, 0.3) is 0 Å². The van der Waals surface area contributed by atoms with Crippen LogP contribution in [0.5, 0.6) is 5.75 Å². The highest BCUT2D eigenvalue weighted by molar-refractivity contribution is 7.82. The van der Waals surface area contributed by atoms with Gasteiger partial charge in [-0.15, -0.1) is 0 Å². The van der Waals surface area contributed by atoms with E-state index >= 15 is 0 Å². The number of para-hydroxylation sites is 1. The Bertz CT molecular complexity index is 486. The number of rotatable bonds is 13. The molecule has 0 bridgehead atoms. The number of benzene rings is 1. The van der Waals surface area contributed by atoms with Gasteiger partial charge in [-0.05, 0) is 32.4 Å². The molecule has 25 heavy (non-hydrogen) atoms. The van der Waals surface area contributed by atoms with Crippen LogP contribution in [0.15, 0.2) is 30.3 Å². The van der Waals surface area contributed by atoms with Gasteiger partial charge >= 0.3 is 10.4 Å². The summed E-state index contributed by atoms with van der Waals surface area (Å²) in [5, 5.41) is 0. The zero-order chi connectivity index (χ0) is 18.8. The van der Waals surface area contributed by atoms with Crippen LogP contribution in [-0.2, 0) is 19.3 Å². The van der Waals surface area contributed by atoms with Gasteiger partial charge in [0, 0.05) is 13.2 Å². The molecule has 146 valence electrons. The van der Waals surface area contributed by atoms with Gasteiger partial charge in [-0.3, -0.25) is 0 Å². The van der Waals surface area contributed by atoms with Crippen molar-refractivity contribution in [2.75, 3.05) is 19.8 Å². The number of hydrogen-bond acceptors (Lipinski definition) is 5. The summed E-state index contributed by atoms with van der Waals surface area (Å²) in [6, 6.07) is 8.37. The molecule has 1 rings (SSSR count). The van der Waals surface area contributed by atoms with Gasteiger partial charge in [-0.1, -0.05) is 63.6 Å². The first kappa shape index (κ1) is 23.9. The van der Waals surface area contributed by atoms with Crippen molar-refractivity contribution in [2.24, 2.45) is 0 Å². The van der Waals surface area contributed by atoms with Crippen LogP contribution in [0, 0.1) is 0 Å². The Morgan fingerprint density at radius 3 is 1.88 bits per heavy atom. The van der Waals surface area contributed by atoms with Crippen LogP contribution in [0.3, 0.4) is 0 Å². The van der Waals surface area contributed by atoms with Crippen LogP contribution in [0.4, 0.5) is 0 Å². The van der Waals surface area contributed by atoms with Crippen LogP contribution < -0.4 is 4.18 Å². The highest BCUT2D eigenvalue weighted by Crippen LogP contribution is 2.13. The molecule has 0 saturated carbocycles. The van der Waals surface area contributed by atoms with E-state index in [0.29, 0.717) is 0 Å². The molecule has 5 nitrogen and oxygen atoms in total. The molecule has 0 aliphatic carbocycles. The van der Waals surface area contributed by atoms with Crippen LogP contribution in [-0.4, -0.2) is 28.2 Å². The largest absolute Gasteiger partial charge is 0.449 e. The van der Waals surface area contributed by atoms with E-state index in [1.807, 2.05) is 13.8 Å². The monoisotopic (exact) mass is 374 g/mol. The van der Waals surface area contributed by atoms with Crippen LogP contribution in [0.2, 0.25) is 0 Å². The molecular weight excluding hydrogens is 340 g/mol. The van der Waals surface area contributed by atoms with Crippen molar-refractivity contribution in [3.63, 3.8) is 0 Å². The fourth-order valence-electron chi connectivity index (χ4n) is 2.04. The summed E-state index contributed by atoms with van der Waals surface area (Å²) in [6.45, 7) is 8.04. The van der Waals surface area contributed by atoms with Gasteiger partial charge in [0.15, 0.2) is 0 Å². The topological polar surface area (TPSA) is 61.8 Å². The van der Waals surface area contributed by atoms with E-state index in [2.05, 4.69) is 6.92 Å². The maximum Gasteiger partial charge on any atom is 0.449 e. The molecule has 1 aromatic rings. The molecule has 0 fully saturated rings. The molecule has 6 heteroatoms. The lowest BCUT2D eigenvalue weighted by Crippen LogP contribution is -2.14. The first-order valence-electron chi connectivity index (χ1n) is 9.27. The fraction of sp³-hybridized carbons (Fsp3) is 0.684. The van der Waals surface area contributed by atoms with Crippen LogP contribution >= 0.6 is 0 Å². The second-order valence-corrected chi connectivity index (χ2v) is 6.75. The van der Waals surface area contributed by atoms with Crippen LogP contribution in [0.1, 0.15) is 65.7 Å². The molecule has 0 radical (unpaired) electrons. The fourth-order valence-corrected chi connectivity index (χ4v) is 2.76. The maximum atomic E-state index is 11.5. The number of ether oxygens (including phenoxy) is 1. The summed E-state index contributed by atoms with van der Waals surface area (Å²) in [7, 11) is -3.94. The lowest BCUT2D eigenvalue weighted by atomic mass is 10.1. The van der Waals surface area contributed by atoms with Gasteiger partial charge in [-0.25, -0.2) is 4.18 Å². The Morgan fingerprint density at radius 1 is 0.800 bits per heavy atom. The van der Waals surface area contributed by atoms with Gasteiger partial charge in [-0.2, -0.15) is 8.42 Å². The quantitative estimate of drug-likeness (QED) is 0.448. The van der Waals surface area contributed by atoms with Crippen molar-refractivity contribution >= 4 is 10.4 Å². The van der Waals surface area contributed by atoms with Crippen molar-refractivity contribution in [3.8, 4) is 5.75 Å². The minimum atomic E-state index is -3.94. The van der Waals surface area contributed by atoms with E-state index in [1.54, 1.807) is 30.3 Å². The van der Waals surface area contributed by atoms with E-state index in [4.69, 9.17) is 13.1 Å². The molecule has 0 heterocycles. The molecule has 0 atom stereocenters. The second kappa shape index (κ2) is 16.4. The Morgan fingerprint density at radius 2 is 1.36 bits per heavy atom. The summed E-state index contributed by atoms with van der Waals surface area (Å²) >= 11 is 0. The SMILES string of the molecule is CCCCCCCCCOS(=O)(=O)Oc1ccccc1.CCOCC. The Balaban J connectivity index is 0.00000101. The minimum Gasteiger partial charge on any atom is -0.382 e. The third-order valence-electron chi connectivity index (χ3n) is 3.33. The van der Waals surface area contributed by atoms with E-state index < -0.39 is 10.4 Å². The van der Waals surface area contributed by atoms with Crippen molar-refractivity contribution < 1.29 is 21.5 Å². The Kier molecular flexibility index (Phi) is 15.6. The zero-order valence-electron chi connectivity index (χ0n) is 15.9. The number of hydrogen-bond donors (Lipinski definition) is 0. The van der Waals surface area contributed by atoms with E-state index in [9.17, 15) is 8.42 Å². The van der Waals surface area contributed by atoms with Crippen molar-refractivity contribution in [3.05, 3.63) is 30.3 Å². The molecule has 0 N–H and O–H groups in total. The third kappa shape index (κ3) is 16.1. The molecule has 0 spiro atoms. The maximum absolute atomic E-state index is 11.5. The first-order chi connectivity index (χ1) is 12.1. The Hall–Kier alpha value is -1.11. The predicted octanol–water partition coefficient (Wildman–Crippen LogP) is 5.12. The molecule has 0 unspecified atom stereocenters. The lowest BCUT2D eigenvalue weighted by molar-refractivity contribution is 0.162. The summed E-state index contributed by atoms with van der Waals surface area (Å²) in [4.78, 5) is 0. The van der Waals surface area contributed by atoms with Gasteiger partial charge in [0.05, 0.1) is 6.61 Å². The zero-order valence-corrected chi connectivity index (χ0v) is 16.7. The average molecular weight is 375 g/mol. The molecule has 0 amide bonds. The smallest absolute Gasteiger partial charge is 0.382 e.